The number of hydrogen-bond donors (Lipinski definition) is 2. The van der Waals surface area contributed by atoms with Crippen molar-refractivity contribution in [3.8, 4) is 5.75 Å². The largest absolute Gasteiger partial charge is 0.495 e. The first-order valence-electron chi connectivity index (χ1n) is 8.44. The number of methoxy groups -OCH3 is 1. The van der Waals surface area contributed by atoms with Crippen molar-refractivity contribution < 1.29 is 17.9 Å². The predicted molar refractivity (Wildman–Crippen MR) is 106 cm³/mol. The number of H-pyrrole nitrogens is 1. The Morgan fingerprint density at radius 3 is 2.89 bits per heavy atom. The molecule has 0 spiro atoms. The lowest BCUT2D eigenvalue weighted by molar-refractivity contribution is 0.106. The van der Waals surface area contributed by atoms with Gasteiger partial charge in [-0.05, 0) is 49.2 Å². The zero-order chi connectivity index (χ0) is 19.0. The van der Waals surface area contributed by atoms with Crippen LogP contribution in [0.4, 0.5) is 5.69 Å². The van der Waals surface area contributed by atoms with E-state index in [1.165, 1.54) is 13.2 Å². The number of nitrogens with zero attached hydrogens (tertiary/aromatic N) is 1. The highest BCUT2D eigenvalue weighted by Crippen LogP contribution is 2.31. The number of fused-ring (bicyclic) bond motifs is 1. The van der Waals surface area contributed by atoms with Crippen LogP contribution in [0.15, 0.2) is 45.8 Å². The van der Waals surface area contributed by atoms with E-state index in [1.54, 1.807) is 30.3 Å². The highest BCUT2D eigenvalue weighted by molar-refractivity contribution is 9.10. The Hall–Kier alpha value is -2.10. The van der Waals surface area contributed by atoms with Crippen molar-refractivity contribution in [1.82, 2.24) is 9.97 Å². The lowest BCUT2D eigenvalue weighted by atomic mass is 10.2. The fourth-order valence-electron chi connectivity index (χ4n) is 3.11. The number of aromatic amines is 1. The minimum atomic E-state index is -3.82. The van der Waals surface area contributed by atoms with Crippen LogP contribution < -0.4 is 9.46 Å². The summed E-state index contributed by atoms with van der Waals surface area (Å²) in [6.07, 6.45) is 1.92. The normalized spacial score (nSPS) is 17.3. The molecule has 1 atom stereocenters. The zero-order valence-corrected chi connectivity index (χ0v) is 16.9. The van der Waals surface area contributed by atoms with Gasteiger partial charge in [0.05, 0.1) is 23.8 Å². The molecule has 1 saturated heterocycles. The maximum atomic E-state index is 12.8. The summed E-state index contributed by atoms with van der Waals surface area (Å²) in [6.45, 7) is 0.737. The molecule has 4 rings (SSSR count). The van der Waals surface area contributed by atoms with Gasteiger partial charge in [-0.1, -0.05) is 15.9 Å². The van der Waals surface area contributed by atoms with Crippen LogP contribution in [0.2, 0.25) is 0 Å². The van der Waals surface area contributed by atoms with Crippen LogP contribution in [0.5, 0.6) is 5.75 Å². The summed E-state index contributed by atoms with van der Waals surface area (Å²) in [6, 6.07) is 10.0. The Kier molecular flexibility index (Phi) is 4.83. The molecule has 0 amide bonds. The number of aromatic nitrogens is 2. The highest BCUT2D eigenvalue weighted by Gasteiger charge is 2.22. The summed E-state index contributed by atoms with van der Waals surface area (Å²) in [4.78, 5) is 7.84. The van der Waals surface area contributed by atoms with Crippen LogP contribution in [0.1, 0.15) is 24.8 Å². The van der Waals surface area contributed by atoms with E-state index in [1.807, 2.05) is 0 Å². The van der Waals surface area contributed by atoms with Crippen molar-refractivity contribution >= 4 is 42.7 Å². The molecule has 1 aliphatic heterocycles. The lowest BCUT2D eigenvalue weighted by Crippen LogP contribution is -2.14. The van der Waals surface area contributed by atoms with Gasteiger partial charge in [-0.15, -0.1) is 0 Å². The van der Waals surface area contributed by atoms with E-state index in [4.69, 9.17) is 9.47 Å². The van der Waals surface area contributed by atoms with Crippen LogP contribution in [0, 0.1) is 0 Å². The molecule has 0 radical (unpaired) electrons. The first-order chi connectivity index (χ1) is 13.0. The van der Waals surface area contributed by atoms with Gasteiger partial charge >= 0.3 is 0 Å². The number of nitrogens with one attached hydrogen (secondary N) is 2. The second-order valence-electron chi connectivity index (χ2n) is 6.26. The first kappa shape index (κ1) is 18.3. The SMILES string of the molecule is COc1ccc(Br)cc1S(=O)(=O)Nc1ccc2nc(C3CCCO3)[nH]c2c1. The molecule has 27 heavy (non-hydrogen) atoms. The third kappa shape index (κ3) is 3.67. The van der Waals surface area contributed by atoms with Crippen molar-refractivity contribution in [2.75, 3.05) is 18.4 Å². The molecular weight excluding hydrogens is 434 g/mol. The molecular formula is C18H18BrN3O4S. The maximum absolute atomic E-state index is 12.8. The predicted octanol–water partition coefficient (Wildman–Crippen LogP) is 3.99. The Labute approximate surface area is 165 Å². The minimum absolute atomic E-state index is 0.0246. The molecule has 142 valence electrons. The number of sulfonamides is 1. The zero-order valence-electron chi connectivity index (χ0n) is 14.5. The minimum Gasteiger partial charge on any atom is -0.495 e. The van der Waals surface area contributed by atoms with E-state index in [0.29, 0.717) is 10.2 Å². The lowest BCUT2D eigenvalue weighted by Gasteiger charge is -2.12. The van der Waals surface area contributed by atoms with E-state index in [9.17, 15) is 8.42 Å². The summed E-state index contributed by atoms with van der Waals surface area (Å²) in [5.74, 6) is 1.05. The molecule has 0 aliphatic carbocycles. The monoisotopic (exact) mass is 451 g/mol. The number of ether oxygens (including phenoxy) is 2. The van der Waals surface area contributed by atoms with Gasteiger partial charge in [-0.3, -0.25) is 4.72 Å². The Bertz CT molecular complexity index is 1090. The molecule has 2 aromatic carbocycles. The standard InChI is InChI=1S/C18H18BrN3O4S/c1-25-15-7-4-11(19)9-17(15)27(23,24)22-12-5-6-13-14(10-12)21-18(20-13)16-3-2-8-26-16/h4-7,9-10,16,22H,2-3,8H2,1H3,(H,20,21). The Morgan fingerprint density at radius 1 is 1.30 bits per heavy atom. The first-order valence-corrected chi connectivity index (χ1v) is 10.7. The van der Waals surface area contributed by atoms with Crippen molar-refractivity contribution in [1.29, 1.82) is 0 Å². The maximum Gasteiger partial charge on any atom is 0.265 e. The van der Waals surface area contributed by atoms with E-state index >= 15 is 0 Å². The van der Waals surface area contributed by atoms with E-state index in [-0.39, 0.29) is 16.7 Å². The molecule has 0 bridgehead atoms. The van der Waals surface area contributed by atoms with E-state index in [0.717, 1.165) is 36.3 Å². The van der Waals surface area contributed by atoms with Gasteiger partial charge < -0.3 is 14.5 Å². The molecule has 3 aromatic rings. The Balaban J connectivity index is 1.65. The number of halogens is 1. The van der Waals surface area contributed by atoms with Gasteiger partial charge in [0, 0.05) is 11.1 Å². The van der Waals surface area contributed by atoms with Gasteiger partial charge in [-0.25, -0.2) is 13.4 Å². The van der Waals surface area contributed by atoms with Crippen molar-refractivity contribution in [2.45, 2.75) is 23.8 Å². The number of imidazole rings is 1. The third-order valence-electron chi connectivity index (χ3n) is 4.40. The van der Waals surface area contributed by atoms with Gasteiger partial charge in [0.15, 0.2) is 0 Å². The summed E-state index contributed by atoms with van der Waals surface area (Å²) in [5.41, 5.74) is 1.96. The van der Waals surface area contributed by atoms with Crippen LogP contribution >= 0.6 is 15.9 Å². The fraction of sp³-hybridized carbons (Fsp3) is 0.278. The summed E-state index contributed by atoms with van der Waals surface area (Å²) >= 11 is 3.30. The molecule has 2 N–H and O–H groups in total. The quantitative estimate of drug-likeness (QED) is 0.611. The van der Waals surface area contributed by atoms with Crippen molar-refractivity contribution in [3.63, 3.8) is 0 Å². The van der Waals surface area contributed by atoms with Gasteiger partial charge in [0.25, 0.3) is 10.0 Å². The number of hydrogen-bond acceptors (Lipinski definition) is 5. The van der Waals surface area contributed by atoms with Crippen molar-refractivity contribution in [2.24, 2.45) is 0 Å². The second kappa shape index (κ2) is 7.14. The van der Waals surface area contributed by atoms with E-state index < -0.39 is 10.0 Å². The van der Waals surface area contributed by atoms with E-state index in [2.05, 4.69) is 30.6 Å². The molecule has 7 nitrogen and oxygen atoms in total. The summed E-state index contributed by atoms with van der Waals surface area (Å²) < 4.78 is 39.7. The van der Waals surface area contributed by atoms with Crippen LogP contribution in [0.25, 0.3) is 11.0 Å². The van der Waals surface area contributed by atoms with Crippen molar-refractivity contribution in [3.05, 3.63) is 46.7 Å². The summed E-state index contributed by atoms with van der Waals surface area (Å²) in [5, 5.41) is 0. The van der Waals surface area contributed by atoms with Crippen LogP contribution in [-0.4, -0.2) is 32.1 Å². The molecule has 0 saturated carbocycles. The topological polar surface area (TPSA) is 93.3 Å². The van der Waals surface area contributed by atoms with Gasteiger partial charge in [-0.2, -0.15) is 0 Å². The Morgan fingerprint density at radius 2 is 2.15 bits per heavy atom. The fourth-order valence-corrected chi connectivity index (χ4v) is 4.87. The van der Waals surface area contributed by atoms with Gasteiger partial charge in [0.1, 0.15) is 22.6 Å². The summed E-state index contributed by atoms with van der Waals surface area (Å²) in [7, 11) is -2.38. The second-order valence-corrected chi connectivity index (χ2v) is 8.82. The van der Waals surface area contributed by atoms with Crippen LogP contribution in [0.3, 0.4) is 0 Å². The molecule has 9 heteroatoms. The van der Waals surface area contributed by atoms with Gasteiger partial charge in [0.2, 0.25) is 0 Å². The molecule has 1 fully saturated rings. The number of rotatable bonds is 5. The highest BCUT2D eigenvalue weighted by atomic mass is 79.9. The molecule has 1 aliphatic rings. The molecule has 1 aromatic heterocycles. The number of anilines is 1. The smallest absolute Gasteiger partial charge is 0.265 e. The van der Waals surface area contributed by atoms with Crippen LogP contribution in [-0.2, 0) is 14.8 Å². The average Bonchev–Trinajstić information content (AvgIpc) is 3.30. The molecule has 1 unspecified atom stereocenters. The average molecular weight is 452 g/mol. The third-order valence-corrected chi connectivity index (χ3v) is 6.30. The molecule has 2 heterocycles. The number of benzene rings is 2.